The monoisotopic (exact) mass is 466 g/mol. The Morgan fingerprint density at radius 2 is 1.40 bits per heavy atom. The van der Waals surface area contributed by atoms with Crippen LogP contribution in [0.1, 0.15) is 49.1 Å². The molecule has 1 saturated heterocycles. The first-order valence-electron chi connectivity index (χ1n) is 12.5. The molecule has 1 aromatic heterocycles. The van der Waals surface area contributed by atoms with Crippen molar-refractivity contribution in [3.8, 4) is 0 Å². The molecule has 35 heavy (non-hydrogen) atoms. The van der Waals surface area contributed by atoms with E-state index in [4.69, 9.17) is 4.42 Å². The molecule has 0 spiro atoms. The van der Waals surface area contributed by atoms with Gasteiger partial charge in [0.25, 0.3) is 0 Å². The molecule has 4 nitrogen and oxygen atoms in total. The van der Waals surface area contributed by atoms with E-state index in [0.717, 1.165) is 43.7 Å². The van der Waals surface area contributed by atoms with Gasteiger partial charge in [-0.25, -0.2) is 4.79 Å². The Kier molecular flexibility index (Phi) is 6.59. The van der Waals surface area contributed by atoms with E-state index in [2.05, 4.69) is 103 Å². The van der Waals surface area contributed by atoms with Crippen molar-refractivity contribution >= 4 is 11.0 Å². The third kappa shape index (κ3) is 5.24. The molecule has 0 aliphatic carbocycles. The summed E-state index contributed by atoms with van der Waals surface area (Å²) in [6.07, 6.45) is 0. The van der Waals surface area contributed by atoms with Gasteiger partial charge in [0, 0.05) is 44.2 Å². The summed E-state index contributed by atoms with van der Waals surface area (Å²) >= 11 is 0. The summed E-state index contributed by atoms with van der Waals surface area (Å²) in [4.78, 5) is 17.3. The zero-order valence-electron chi connectivity index (χ0n) is 20.9. The van der Waals surface area contributed by atoms with Gasteiger partial charge in [-0.1, -0.05) is 87.5 Å². The molecule has 0 atom stereocenters. The standard InChI is InChI=1S/C31H34N2O2/c1-31(2,3)26-14-15-28-27(21-26)25(20-29(34)35-28)22-32-16-18-33(19-17-32)30(23-10-6-4-7-11-23)24-12-8-5-9-13-24/h4-15,20-21,30H,16-19,22H2,1-3H3. The fraction of sp³-hybridized carbons (Fsp3) is 0.323. The fourth-order valence-electron chi connectivity index (χ4n) is 5.13. The van der Waals surface area contributed by atoms with E-state index in [1.165, 1.54) is 16.7 Å². The van der Waals surface area contributed by atoms with Crippen LogP contribution in [0.25, 0.3) is 11.0 Å². The van der Waals surface area contributed by atoms with E-state index >= 15 is 0 Å². The average Bonchev–Trinajstić information content (AvgIpc) is 2.86. The van der Waals surface area contributed by atoms with Gasteiger partial charge in [0.05, 0.1) is 6.04 Å². The van der Waals surface area contributed by atoms with Gasteiger partial charge in [0.2, 0.25) is 0 Å². The van der Waals surface area contributed by atoms with Gasteiger partial charge in [0.15, 0.2) is 0 Å². The molecule has 0 amide bonds. The lowest BCUT2D eigenvalue weighted by atomic mass is 9.86. The maximum absolute atomic E-state index is 12.3. The van der Waals surface area contributed by atoms with Gasteiger partial charge in [-0.15, -0.1) is 0 Å². The highest BCUT2D eigenvalue weighted by Gasteiger charge is 2.27. The molecular weight excluding hydrogens is 432 g/mol. The van der Waals surface area contributed by atoms with Gasteiger partial charge in [-0.2, -0.15) is 0 Å². The van der Waals surface area contributed by atoms with Gasteiger partial charge >= 0.3 is 5.63 Å². The smallest absolute Gasteiger partial charge is 0.336 e. The largest absolute Gasteiger partial charge is 0.423 e. The highest BCUT2D eigenvalue weighted by Crippen LogP contribution is 2.31. The molecule has 1 aliphatic rings. The van der Waals surface area contributed by atoms with Gasteiger partial charge in [-0.05, 0) is 39.8 Å². The number of piperazine rings is 1. The van der Waals surface area contributed by atoms with Crippen LogP contribution in [0, 0.1) is 0 Å². The highest BCUT2D eigenvalue weighted by atomic mass is 16.4. The first-order chi connectivity index (χ1) is 16.9. The second kappa shape index (κ2) is 9.80. The van der Waals surface area contributed by atoms with Crippen molar-refractivity contribution in [3.05, 3.63) is 118 Å². The Hall–Kier alpha value is -3.21. The molecule has 4 aromatic rings. The lowest BCUT2D eigenvalue weighted by Gasteiger charge is -2.40. The summed E-state index contributed by atoms with van der Waals surface area (Å²) in [5.74, 6) is 0. The van der Waals surface area contributed by atoms with Crippen molar-refractivity contribution in [1.29, 1.82) is 0 Å². The zero-order chi connectivity index (χ0) is 24.4. The van der Waals surface area contributed by atoms with Crippen molar-refractivity contribution < 1.29 is 4.42 Å². The Labute approximate surface area is 207 Å². The van der Waals surface area contributed by atoms with Gasteiger partial charge in [0.1, 0.15) is 5.58 Å². The molecule has 180 valence electrons. The molecule has 0 N–H and O–H groups in total. The molecule has 1 aliphatic heterocycles. The summed E-state index contributed by atoms with van der Waals surface area (Å²) in [7, 11) is 0. The summed E-state index contributed by atoms with van der Waals surface area (Å²) < 4.78 is 5.52. The van der Waals surface area contributed by atoms with Crippen LogP contribution in [0.4, 0.5) is 0 Å². The highest BCUT2D eigenvalue weighted by molar-refractivity contribution is 5.81. The lowest BCUT2D eigenvalue weighted by Crippen LogP contribution is -2.47. The van der Waals surface area contributed by atoms with E-state index < -0.39 is 0 Å². The van der Waals surface area contributed by atoms with Crippen LogP contribution in [0.5, 0.6) is 0 Å². The van der Waals surface area contributed by atoms with Crippen molar-refractivity contribution in [2.75, 3.05) is 26.2 Å². The molecule has 1 fully saturated rings. The van der Waals surface area contributed by atoms with Gasteiger partial charge < -0.3 is 4.42 Å². The molecule has 2 heterocycles. The van der Waals surface area contributed by atoms with Crippen LogP contribution in [0.3, 0.4) is 0 Å². The molecule has 0 saturated carbocycles. The van der Waals surface area contributed by atoms with Crippen LogP contribution < -0.4 is 5.63 Å². The Morgan fingerprint density at radius 3 is 1.97 bits per heavy atom. The normalized spacial score (nSPS) is 15.7. The van der Waals surface area contributed by atoms with E-state index in [-0.39, 0.29) is 17.1 Å². The first kappa shape index (κ1) is 23.5. The maximum Gasteiger partial charge on any atom is 0.336 e. The van der Waals surface area contributed by atoms with Crippen LogP contribution in [-0.4, -0.2) is 36.0 Å². The minimum absolute atomic E-state index is 0.0388. The van der Waals surface area contributed by atoms with Crippen LogP contribution in [0.15, 0.2) is 94.1 Å². The number of hydrogen-bond acceptors (Lipinski definition) is 4. The number of nitrogens with zero attached hydrogens (tertiary/aromatic N) is 2. The second-order valence-electron chi connectivity index (χ2n) is 10.6. The topological polar surface area (TPSA) is 36.7 Å². The molecular formula is C31H34N2O2. The molecule has 5 rings (SSSR count). The predicted octanol–water partition coefficient (Wildman–Crippen LogP) is 6.00. The maximum atomic E-state index is 12.3. The molecule has 4 heteroatoms. The molecule has 0 unspecified atom stereocenters. The van der Waals surface area contributed by atoms with Crippen molar-refractivity contribution in [3.63, 3.8) is 0 Å². The van der Waals surface area contributed by atoms with Crippen LogP contribution in [0.2, 0.25) is 0 Å². The average molecular weight is 467 g/mol. The molecule has 0 bridgehead atoms. The summed E-state index contributed by atoms with van der Waals surface area (Å²) in [6, 6.07) is 29.7. The SMILES string of the molecule is CC(C)(C)c1ccc2oc(=O)cc(CN3CCN(C(c4ccccc4)c4ccccc4)CC3)c2c1. The van der Waals surface area contributed by atoms with E-state index in [1.54, 1.807) is 6.07 Å². The lowest BCUT2D eigenvalue weighted by molar-refractivity contribution is 0.105. The summed E-state index contributed by atoms with van der Waals surface area (Å²) in [5, 5.41) is 1.05. The summed E-state index contributed by atoms with van der Waals surface area (Å²) in [6.45, 7) is 11.2. The molecule has 0 radical (unpaired) electrons. The predicted molar refractivity (Wildman–Crippen MR) is 143 cm³/mol. The number of rotatable bonds is 5. The van der Waals surface area contributed by atoms with Crippen molar-refractivity contribution in [2.24, 2.45) is 0 Å². The third-order valence-corrected chi connectivity index (χ3v) is 7.09. The quantitative estimate of drug-likeness (QED) is 0.338. The number of benzene rings is 3. The third-order valence-electron chi connectivity index (χ3n) is 7.09. The number of fused-ring (bicyclic) bond motifs is 1. The zero-order valence-corrected chi connectivity index (χ0v) is 20.9. The van der Waals surface area contributed by atoms with E-state index in [9.17, 15) is 4.79 Å². The molecule has 3 aromatic carbocycles. The van der Waals surface area contributed by atoms with Crippen LogP contribution in [-0.2, 0) is 12.0 Å². The fourth-order valence-corrected chi connectivity index (χ4v) is 5.13. The van der Waals surface area contributed by atoms with E-state index in [1.807, 2.05) is 6.07 Å². The van der Waals surface area contributed by atoms with Crippen molar-refractivity contribution in [1.82, 2.24) is 9.80 Å². The summed E-state index contributed by atoms with van der Waals surface area (Å²) in [5.41, 5.74) is 5.39. The van der Waals surface area contributed by atoms with E-state index in [0.29, 0.717) is 5.58 Å². The first-order valence-corrected chi connectivity index (χ1v) is 12.5. The van der Waals surface area contributed by atoms with Crippen molar-refractivity contribution in [2.45, 2.75) is 38.8 Å². The minimum atomic E-state index is -0.275. The van der Waals surface area contributed by atoms with Gasteiger partial charge in [-0.3, -0.25) is 9.80 Å². The Morgan fingerprint density at radius 1 is 0.800 bits per heavy atom. The minimum Gasteiger partial charge on any atom is -0.423 e. The van der Waals surface area contributed by atoms with Crippen LogP contribution >= 0.6 is 0 Å². The Bertz CT molecular complexity index is 1290. The number of hydrogen-bond donors (Lipinski definition) is 0. The Balaban J connectivity index is 1.37. The second-order valence-corrected chi connectivity index (χ2v) is 10.6.